The maximum Gasteiger partial charge on any atom is 0.309 e. The number of carbonyl (C=O) groups is 2. The monoisotopic (exact) mass is 469 g/mol. The van der Waals surface area contributed by atoms with Gasteiger partial charge in [0, 0.05) is 22.6 Å². The second-order valence-electron chi connectivity index (χ2n) is 8.37. The molecule has 8 heteroatoms. The average molecular weight is 470 g/mol. The maximum absolute atomic E-state index is 12.8. The number of hydrogen-bond acceptors (Lipinski definition) is 6. The van der Waals surface area contributed by atoms with Crippen LogP contribution in [0, 0.1) is 24.7 Å². The minimum Gasteiger partial charge on any atom is -0.495 e. The number of hydrogen-bond donors (Lipinski definition) is 1. The molecule has 2 bridgehead atoms. The Bertz CT molecular complexity index is 812. The first-order valence-electron chi connectivity index (χ1n) is 10.5. The van der Waals surface area contributed by atoms with Crippen LogP contribution in [-0.4, -0.2) is 41.2 Å². The van der Waals surface area contributed by atoms with Gasteiger partial charge in [-0.05, 0) is 56.1 Å². The van der Waals surface area contributed by atoms with Gasteiger partial charge in [0.05, 0.1) is 22.8 Å². The summed E-state index contributed by atoms with van der Waals surface area (Å²) in [5.41, 5.74) is 1.35. The number of esters is 1. The Morgan fingerprint density at radius 3 is 2.50 bits per heavy atom. The first-order valence-corrected chi connectivity index (χ1v) is 12.9. The van der Waals surface area contributed by atoms with Crippen LogP contribution in [0.1, 0.15) is 37.7 Å². The zero-order chi connectivity index (χ0) is 21.3. The van der Waals surface area contributed by atoms with Crippen LogP contribution in [0.5, 0.6) is 5.75 Å². The fraction of sp³-hybridized carbons (Fsp3) is 0.636. The minimum absolute atomic E-state index is 0.0900. The van der Waals surface area contributed by atoms with E-state index < -0.39 is 0 Å². The van der Waals surface area contributed by atoms with Gasteiger partial charge in [0.25, 0.3) is 5.91 Å². The van der Waals surface area contributed by atoms with Gasteiger partial charge in [0.15, 0.2) is 6.61 Å². The molecule has 0 aromatic heterocycles. The molecule has 1 amide bonds. The van der Waals surface area contributed by atoms with Crippen LogP contribution in [0.4, 0.5) is 5.69 Å². The zero-order valence-electron chi connectivity index (χ0n) is 17.4. The molecule has 0 radical (unpaired) electrons. The highest BCUT2D eigenvalue weighted by Gasteiger charge is 2.55. The number of nitrogens with one attached hydrogen (secondary N) is 1. The fourth-order valence-corrected chi connectivity index (χ4v) is 9.26. The molecule has 1 aromatic carbocycles. The molecular weight excluding hydrogens is 442 g/mol. The second-order valence-corrected chi connectivity index (χ2v) is 11.8. The zero-order valence-corrected chi connectivity index (χ0v) is 19.8. The van der Waals surface area contributed by atoms with Crippen LogP contribution in [0.2, 0.25) is 5.02 Å². The summed E-state index contributed by atoms with van der Waals surface area (Å²) in [4.78, 5) is 25.1. The molecule has 1 aliphatic heterocycles. The van der Waals surface area contributed by atoms with Gasteiger partial charge < -0.3 is 14.8 Å². The molecule has 1 heterocycles. The van der Waals surface area contributed by atoms with E-state index in [1.54, 1.807) is 12.1 Å². The van der Waals surface area contributed by atoms with Gasteiger partial charge in [-0.1, -0.05) is 18.0 Å². The van der Waals surface area contributed by atoms with Crippen LogP contribution in [-0.2, 0) is 14.3 Å². The van der Waals surface area contributed by atoms with Crippen molar-refractivity contribution in [2.24, 2.45) is 17.8 Å². The number of carbonyl (C=O) groups excluding carboxylic acids is 2. The van der Waals surface area contributed by atoms with E-state index in [1.807, 2.05) is 6.92 Å². The highest BCUT2D eigenvalue weighted by molar-refractivity contribution is 8.21. The van der Waals surface area contributed by atoms with E-state index in [4.69, 9.17) is 21.1 Å². The summed E-state index contributed by atoms with van der Waals surface area (Å²) in [5, 5.41) is 3.33. The standard InChI is InChI=1S/C22H28ClNO4S2/c1-13-8-18(19(27-2)11-17(13)23)24-20(25)12-28-21(26)14-9-15-4-3-5-16(10-14)22(15)29-6-7-30-22/h8,11,14-16H,3-7,9-10,12H2,1-2H3,(H,24,25)/t14?,15-,16+. The smallest absolute Gasteiger partial charge is 0.309 e. The van der Waals surface area contributed by atoms with Gasteiger partial charge in [-0.25, -0.2) is 0 Å². The summed E-state index contributed by atoms with van der Waals surface area (Å²) in [6.45, 7) is 1.56. The molecular formula is C22H28ClNO4S2. The Morgan fingerprint density at radius 2 is 1.87 bits per heavy atom. The first-order chi connectivity index (χ1) is 14.4. The minimum atomic E-state index is -0.377. The van der Waals surface area contributed by atoms with Gasteiger partial charge in [-0.3, -0.25) is 9.59 Å². The van der Waals surface area contributed by atoms with E-state index >= 15 is 0 Å². The molecule has 4 rings (SSSR count). The Balaban J connectivity index is 1.33. The van der Waals surface area contributed by atoms with Gasteiger partial charge in [-0.2, -0.15) is 0 Å². The van der Waals surface area contributed by atoms with Gasteiger partial charge >= 0.3 is 5.97 Å². The van der Waals surface area contributed by atoms with Gasteiger partial charge in [0.2, 0.25) is 0 Å². The molecule has 2 saturated carbocycles. The Hall–Kier alpha value is -1.05. The molecule has 1 unspecified atom stereocenters. The van der Waals surface area contributed by atoms with Crippen molar-refractivity contribution in [2.75, 3.05) is 30.5 Å². The molecule has 2 aliphatic carbocycles. The molecule has 1 aromatic rings. The van der Waals surface area contributed by atoms with Crippen LogP contribution < -0.4 is 10.1 Å². The second kappa shape index (κ2) is 9.21. The largest absolute Gasteiger partial charge is 0.495 e. The predicted octanol–water partition coefficient (Wildman–Crippen LogP) is 5.14. The van der Waals surface area contributed by atoms with Crippen molar-refractivity contribution < 1.29 is 19.1 Å². The molecule has 1 saturated heterocycles. The SMILES string of the molecule is COc1cc(Cl)c(C)cc1NC(=O)COC(=O)C1C[C@H]2CCC[C@@H](C1)C21SCCS1. The Labute approximate surface area is 191 Å². The topological polar surface area (TPSA) is 64.6 Å². The van der Waals surface area contributed by atoms with E-state index in [0.717, 1.165) is 18.4 Å². The normalized spacial score (nSPS) is 27.0. The summed E-state index contributed by atoms with van der Waals surface area (Å²) >= 11 is 10.4. The van der Waals surface area contributed by atoms with Gasteiger partial charge in [-0.15, -0.1) is 23.5 Å². The predicted molar refractivity (Wildman–Crippen MR) is 124 cm³/mol. The van der Waals surface area contributed by atoms with E-state index in [0.29, 0.717) is 32.4 Å². The molecule has 1 spiro atoms. The van der Waals surface area contributed by atoms with Crippen molar-refractivity contribution in [1.82, 2.24) is 0 Å². The van der Waals surface area contributed by atoms with Gasteiger partial charge in [0.1, 0.15) is 5.75 Å². The third kappa shape index (κ3) is 4.30. The Kier molecular flexibility index (Phi) is 6.80. The molecule has 5 nitrogen and oxygen atoms in total. The van der Waals surface area contributed by atoms with Crippen molar-refractivity contribution in [2.45, 2.75) is 43.1 Å². The molecule has 164 valence electrons. The summed E-state index contributed by atoms with van der Waals surface area (Å²) in [6, 6.07) is 3.41. The fourth-order valence-electron chi connectivity index (χ4n) is 5.17. The lowest BCUT2D eigenvalue weighted by Crippen LogP contribution is -2.48. The number of anilines is 1. The summed E-state index contributed by atoms with van der Waals surface area (Å²) in [6.07, 6.45) is 5.46. The maximum atomic E-state index is 12.8. The average Bonchev–Trinajstić information content (AvgIpc) is 3.18. The number of methoxy groups -OCH3 is 1. The number of ether oxygens (including phenoxy) is 2. The van der Waals surface area contributed by atoms with E-state index in [1.165, 1.54) is 37.9 Å². The van der Waals surface area contributed by atoms with Crippen molar-refractivity contribution in [3.63, 3.8) is 0 Å². The van der Waals surface area contributed by atoms with Crippen LogP contribution in [0.15, 0.2) is 12.1 Å². The lowest BCUT2D eigenvalue weighted by Gasteiger charge is -2.51. The molecule has 30 heavy (non-hydrogen) atoms. The number of amides is 1. The van der Waals surface area contributed by atoms with Crippen molar-refractivity contribution in [3.05, 3.63) is 22.7 Å². The van der Waals surface area contributed by atoms with E-state index in [2.05, 4.69) is 28.8 Å². The number of halogens is 1. The van der Waals surface area contributed by atoms with Crippen molar-refractivity contribution in [1.29, 1.82) is 0 Å². The highest BCUT2D eigenvalue weighted by Crippen LogP contribution is 2.64. The number of thioether (sulfide) groups is 2. The van der Waals surface area contributed by atoms with Crippen LogP contribution >= 0.6 is 35.1 Å². The molecule has 3 fully saturated rings. The Morgan fingerprint density at radius 1 is 1.20 bits per heavy atom. The van der Waals surface area contributed by atoms with E-state index in [-0.39, 0.29) is 24.4 Å². The van der Waals surface area contributed by atoms with Crippen molar-refractivity contribution in [3.8, 4) is 5.75 Å². The summed E-state index contributed by atoms with van der Waals surface area (Å²) < 4.78 is 11.0. The van der Waals surface area contributed by atoms with Crippen molar-refractivity contribution >= 4 is 52.7 Å². The third-order valence-electron chi connectivity index (χ3n) is 6.55. The summed E-state index contributed by atoms with van der Waals surface area (Å²) in [5.74, 6) is 3.38. The van der Waals surface area contributed by atoms with Crippen LogP contribution in [0.3, 0.4) is 0 Å². The highest BCUT2D eigenvalue weighted by atomic mass is 35.5. The summed E-state index contributed by atoms with van der Waals surface area (Å²) in [7, 11) is 1.52. The molecule has 3 atom stereocenters. The van der Waals surface area contributed by atoms with Crippen LogP contribution in [0.25, 0.3) is 0 Å². The first kappa shape index (κ1) is 22.2. The quantitative estimate of drug-likeness (QED) is 0.602. The lowest BCUT2D eigenvalue weighted by atomic mass is 9.67. The number of rotatable bonds is 5. The molecule has 1 N–H and O–H groups in total. The number of benzene rings is 1. The van der Waals surface area contributed by atoms with E-state index in [9.17, 15) is 9.59 Å². The molecule has 3 aliphatic rings. The lowest BCUT2D eigenvalue weighted by molar-refractivity contribution is -0.154. The third-order valence-corrected chi connectivity index (χ3v) is 11.0. The number of aryl methyl sites for hydroxylation is 1.